The van der Waals surface area contributed by atoms with Crippen molar-refractivity contribution in [1.29, 1.82) is 0 Å². The molecule has 2 N–H and O–H groups in total. The zero-order valence-electron chi connectivity index (χ0n) is 7.69. The Hall–Kier alpha value is -1.82. The molecule has 0 aliphatic heterocycles. The molecular formula is C9H8F2N4. The van der Waals surface area contributed by atoms with Gasteiger partial charge in [-0.05, 0) is 17.7 Å². The number of halogens is 2. The molecule has 0 radical (unpaired) electrons. The van der Waals surface area contributed by atoms with Gasteiger partial charge in [0.25, 0.3) is 0 Å². The van der Waals surface area contributed by atoms with Crippen molar-refractivity contribution in [1.82, 2.24) is 14.8 Å². The minimum absolute atomic E-state index is 0.0888. The third-order valence-electron chi connectivity index (χ3n) is 1.96. The molecule has 78 valence electrons. The van der Waals surface area contributed by atoms with Crippen LogP contribution in [0.2, 0.25) is 0 Å². The first-order valence-corrected chi connectivity index (χ1v) is 4.25. The molecule has 0 amide bonds. The lowest BCUT2D eigenvalue weighted by molar-refractivity contribution is 0.556. The van der Waals surface area contributed by atoms with Crippen molar-refractivity contribution in [3.05, 3.63) is 42.0 Å². The lowest BCUT2D eigenvalue weighted by atomic mass is 10.2. The van der Waals surface area contributed by atoms with Crippen LogP contribution < -0.4 is 5.73 Å². The highest BCUT2D eigenvalue weighted by molar-refractivity contribution is 5.37. The number of benzene rings is 1. The van der Waals surface area contributed by atoms with Crippen LogP contribution in [0.4, 0.5) is 8.78 Å². The Morgan fingerprint density at radius 3 is 2.40 bits per heavy atom. The fourth-order valence-corrected chi connectivity index (χ4v) is 1.28. The monoisotopic (exact) mass is 210 g/mol. The van der Waals surface area contributed by atoms with E-state index in [1.165, 1.54) is 24.8 Å². The lowest BCUT2D eigenvalue weighted by Crippen LogP contribution is -2.05. The topological polar surface area (TPSA) is 56.7 Å². The molecule has 1 aromatic carbocycles. The van der Waals surface area contributed by atoms with Gasteiger partial charge in [0.2, 0.25) is 0 Å². The SMILES string of the molecule is NCc1cc(F)c(-n2cncn2)c(F)c1. The van der Waals surface area contributed by atoms with E-state index >= 15 is 0 Å². The summed E-state index contributed by atoms with van der Waals surface area (Å²) in [6, 6.07) is 2.36. The van der Waals surface area contributed by atoms with E-state index in [2.05, 4.69) is 10.1 Å². The quantitative estimate of drug-likeness (QED) is 0.804. The zero-order chi connectivity index (χ0) is 10.8. The first-order chi connectivity index (χ1) is 7.22. The van der Waals surface area contributed by atoms with Gasteiger partial charge in [-0.3, -0.25) is 0 Å². The van der Waals surface area contributed by atoms with Crippen LogP contribution >= 0.6 is 0 Å². The van der Waals surface area contributed by atoms with Crippen LogP contribution in [0.5, 0.6) is 0 Å². The van der Waals surface area contributed by atoms with Gasteiger partial charge < -0.3 is 5.73 Å². The largest absolute Gasteiger partial charge is 0.326 e. The Labute approximate surface area is 84.4 Å². The summed E-state index contributed by atoms with van der Waals surface area (Å²) in [5.41, 5.74) is 5.44. The van der Waals surface area contributed by atoms with Crippen molar-refractivity contribution in [3.63, 3.8) is 0 Å². The second-order valence-corrected chi connectivity index (χ2v) is 2.95. The average molecular weight is 210 g/mol. The van der Waals surface area contributed by atoms with Crippen molar-refractivity contribution in [2.75, 3.05) is 0 Å². The standard InChI is InChI=1S/C9H8F2N4/c10-7-1-6(3-12)2-8(11)9(7)15-5-13-4-14-15/h1-2,4-5H,3,12H2. The van der Waals surface area contributed by atoms with Crippen LogP contribution in [0.25, 0.3) is 5.69 Å². The molecule has 0 aliphatic rings. The maximum atomic E-state index is 13.5. The van der Waals surface area contributed by atoms with E-state index in [-0.39, 0.29) is 12.2 Å². The number of nitrogens with two attached hydrogens (primary N) is 1. The molecule has 0 saturated heterocycles. The first-order valence-electron chi connectivity index (χ1n) is 4.25. The minimum atomic E-state index is -0.707. The van der Waals surface area contributed by atoms with Gasteiger partial charge in [-0.2, -0.15) is 5.10 Å². The van der Waals surface area contributed by atoms with Crippen molar-refractivity contribution < 1.29 is 8.78 Å². The van der Waals surface area contributed by atoms with Crippen molar-refractivity contribution in [2.24, 2.45) is 5.73 Å². The molecule has 0 fully saturated rings. The summed E-state index contributed by atoms with van der Waals surface area (Å²) in [6.07, 6.45) is 2.43. The Morgan fingerprint density at radius 2 is 1.93 bits per heavy atom. The second-order valence-electron chi connectivity index (χ2n) is 2.95. The van der Waals surface area contributed by atoms with Crippen molar-refractivity contribution in [2.45, 2.75) is 6.54 Å². The predicted octanol–water partition coefficient (Wildman–Crippen LogP) is 1.00. The summed E-state index contributed by atoms with van der Waals surface area (Å²) in [6.45, 7) is 0.0888. The smallest absolute Gasteiger partial charge is 0.152 e. The molecule has 0 saturated carbocycles. The van der Waals surface area contributed by atoms with Crippen molar-refractivity contribution in [3.8, 4) is 5.69 Å². The fraction of sp³-hybridized carbons (Fsp3) is 0.111. The zero-order valence-corrected chi connectivity index (χ0v) is 7.69. The molecule has 2 aromatic rings. The molecule has 0 atom stereocenters. The highest BCUT2D eigenvalue weighted by Gasteiger charge is 2.12. The van der Waals surface area contributed by atoms with E-state index in [4.69, 9.17) is 5.73 Å². The molecule has 0 unspecified atom stereocenters. The van der Waals surface area contributed by atoms with Crippen LogP contribution in [0.1, 0.15) is 5.56 Å². The summed E-state index contributed by atoms with van der Waals surface area (Å²) in [4.78, 5) is 3.62. The number of rotatable bonds is 2. The predicted molar refractivity (Wildman–Crippen MR) is 49.2 cm³/mol. The number of hydrogen-bond acceptors (Lipinski definition) is 3. The molecule has 0 spiro atoms. The third kappa shape index (κ3) is 1.71. The van der Waals surface area contributed by atoms with Gasteiger partial charge in [0, 0.05) is 6.54 Å². The Bertz CT molecular complexity index is 444. The van der Waals surface area contributed by atoms with Gasteiger partial charge in [-0.1, -0.05) is 0 Å². The van der Waals surface area contributed by atoms with Gasteiger partial charge in [0.05, 0.1) is 0 Å². The van der Waals surface area contributed by atoms with E-state index in [0.717, 1.165) is 4.68 Å². The van der Waals surface area contributed by atoms with Gasteiger partial charge in [-0.25, -0.2) is 18.4 Å². The van der Waals surface area contributed by atoms with Gasteiger partial charge in [0.1, 0.15) is 18.3 Å². The average Bonchev–Trinajstić information content (AvgIpc) is 2.69. The third-order valence-corrected chi connectivity index (χ3v) is 1.96. The van der Waals surface area contributed by atoms with Crippen molar-refractivity contribution >= 4 is 0 Å². The maximum Gasteiger partial charge on any atom is 0.152 e. The molecule has 1 aromatic heterocycles. The summed E-state index contributed by atoms with van der Waals surface area (Å²) in [7, 11) is 0. The van der Waals surface area contributed by atoms with Crippen LogP contribution in [-0.2, 0) is 6.54 Å². The minimum Gasteiger partial charge on any atom is -0.326 e. The van der Waals surface area contributed by atoms with E-state index in [1.54, 1.807) is 0 Å². The van der Waals surface area contributed by atoms with E-state index in [0.29, 0.717) is 5.56 Å². The number of nitrogens with zero attached hydrogens (tertiary/aromatic N) is 3. The Kier molecular flexibility index (Phi) is 2.42. The molecule has 6 heteroatoms. The maximum absolute atomic E-state index is 13.5. The molecule has 2 rings (SSSR count). The summed E-state index contributed by atoms with van der Waals surface area (Å²) in [5, 5.41) is 3.66. The van der Waals surface area contributed by atoms with Crippen LogP contribution in [0.15, 0.2) is 24.8 Å². The molecule has 4 nitrogen and oxygen atoms in total. The Morgan fingerprint density at radius 1 is 1.27 bits per heavy atom. The summed E-state index contributed by atoms with van der Waals surface area (Å²) >= 11 is 0. The highest BCUT2D eigenvalue weighted by Crippen LogP contribution is 2.18. The van der Waals surface area contributed by atoms with Crippen LogP contribution in [0.3, 0.4) is 0 Å². The van der Waals surface area contributed by atoms with Gasteiger partial charge >= 0.3 is 0 Å². The molecule has 0 aliphatic carbocycles. The van der Waals surface area contributed by atoms with Crippen LogP contribution in [0, 0.1) is 11.6 Å². The molecule has 15 heavy (non-hydrogen) atoms. The van der Waals surface area contributed by atoms with Gasteiger partial charge in [-0.15, -0.1) is 0 Å². The molecule has 1 heterocycles. The molecular weight excluding hydrogens is 202 g/mol. The normalized spacial score (nSPS) is 10.6. The lowest BCUT2D eigenvalue weighted by Gasteiger charge is -2.06. The highest BCUT2D eigenvalue weighted by atomic mass is 19.1. The Balaban J connectivity index is 2.58. The summed E-state index contributed by atoms with van der Waals surface area (Å²) < 4.78 is 28.0. The number of hydrogen-bond donors (Lipinski definition) is 1. The second kappa shape index (κ2) is 3.74. The van der Waals surface area contributed by atoms with Crippen LogP contribution in [-0.4, -0.2) is 14.8 Å². The fourth-order valence-electron chi connectivity index (χ4n) is 1.28. The van der Waals surface area contributed by atoms with E-state index < -0.39 is 11.6 Å². The van der Waals surface area contributed by atoms with Gasteiger partial charge in [0.15, 0.2) is 11.6 Å². The number of aromatic nitrogens is 3. The summed E-state index contributed by atoms with van der Waals surface area (Å²) in [5.74, 6) is -1.41. The first kappa shape index (κ1) is 9.72. The molecule has 0 bridgehead atoms. The van der Waals surface area contributed by atoms with E-state index in [9.17, 15) is 8.78 Å². The van der Waals surface area contributed by atoms with E-state index in [1.807, 2.05) is 0 Å².